The van der Waals surface area contributed by atoms with E-state index in [-0.39, 0.29) is 0 Å². The number of halogens is 2. The van der Waals surface area contributed by atoms with Crippen molar-refractivity contribution in [1.29, 1.82) is 0 Å². The first-order chi connectivity index (χ1) is 8.24. The Morgan fingerprint density at radius 1 is 1.00 bits per heavy atom. The second-order valence-corrected chi connectivity index (χ2v) is 5.02. The SMILES string of the molecule is Clc1ccc(-c2ccc3c(c2)NCC3)c(Cl)c1. The second kappa shape index (κ2) is 4.25. The predicted octanol–water partition coefficient (Wildman–Crippen LogP) is 4.63. The van der Waals surface area contributed by atoms with Crippen LogP contribution in [-0.4, -0.2) is 6.54 Å². The first-order valence-corrected chi connectivity index (χ1v) is 6.32. The maximum Gasteiger partial charge on any atom is 0.0499 e. The molecule has 0 radical (unpaired) electrons. The summed E-state index contributed by atoms with van der Waals surface area (Å²) in [5.74, 6) is 0. The van der Waals surface area contributed by atoms with Gasteiger partial charge in [0.15, 0.2) is 0 Å². The van der Waals surface area contributed by atoms with Crippen LogP contribution in [0.1, 0.15) is 5.56 Å². The molecular weight excluding hydrogens is 253 g/mol. The van der Waals surface area contributed by atoms with Gasteiger partial charge < -0.3 is 5.32 Å². The Morgan fingerprint density at radius 2 is 1.88 bits per heavy atom. The lowest BCUT2D eigenvalue weighted by Gasteiger charge is -2.07. The van der Waals surface area contributed by atoms with E-state index in [9.17, 15) is 0 Å². The van der Waals surface area contributed by atoms with Crippen molar-refractivity contribution in [3.63, 3.8) is 0 Å². The van der Waals surface area contributed by atoms with Crippen LogP contribution in [0.3, 0.4) is 0 Å². The molecule has 0 fully saturated rings. The monoisotopic (exact) mass is 263 g/mol. The first-order valence-electron chi connectivity index (χ1n) is 5.56. The third-order valence-electron chi connectivity index (χ3n) is 3.06. The molecule has 0 unspecified atom stereocenters. The molecule has 0 amide bonds. The zero-order valence-electron chi connectivity index (χ0n) is 9.13. The Hall–Kier alpha value is -1.18. The average molecular weight is 264 g/mol. The highest BCUT2D eigenvalue weighted by atomic mass is 35.5. The van der Waals surface area contributed by atoms with Gasteiger partial charge in [0.05, 0.1) is 0 Å². The Kier molecular flexibility index (Phi) is 2.73. The number of benzene rings is 2. The summed E-state index contributed by atoms with van der Waals surface area (Å²) in [7, 11) is 0. The van der Waals surface area contributed by atoms with Gasteiger partial charge in [0.25, 0.3) is 0 Å². The lowest BCUT2D eigenvalue weighted by atomic mass is 10.0. The maximum absolute atomic E-state index is 6.21. The lowest BCUT2D eigenvalue weighted by molar-refractivity contribution is 1.11. The smallest absolute Gasteiger partial charge is 0.0499 e. The Bertz CT molecular complexity index is 578. The van der Waals surface area contributed by atoms with Gasteiger partial charge in [-0.2, -0.15) is 0 Å². The quantitative estimate of drug-likeness (QED) is 0.791. The van der Waals surface area contributed by atoms with Gasteiger partial charge in [0.2, 0.25) is 0 Å². The van der Waals surface area contributed by atoms with Crippen LogP contribution in [0.25, 0.3) is 11.1 Å². The molecule has 0 atom stereocenters. The molecular formula is C14H11Cl2N. The molecule has 1 N–H and O–H groups in total. The maximum atomic E-state index is 6.21. The average Bonchev–Trinajstić information content (AvgIpc) is 2.75. The van der Waals surface area contributed by atoms with Crippen LogP contribution in [0.15, 0.2) is 36.4 Å². The summed E-state index contributed by atoms with van der Waals surface area (Å²) in [6.45, 7) is 1.02. The molecule has 2 aromatic carbocycles. The van der Waals surface area contributed by atoms with E-state index in [1.165, 1.54) is 11.3 Å². The van der Waals surface area contributed by atoms with Gasteiger partial charge in [-0.3, -0.25) is 0 Å². The molecule has 3 heteroatoms. The summed E-state index contributed by atoms with van der Waals surface area (Å²) < 4.78 is 0. The third kappa shape index (κ3) is 2.01. The van der Waals surface area contributed by atoms with Gasteiger partial charge in [-0.05, 0) is 35.7 Å². The molecule has 1 nitrogen and oxygen atoms in total. The van der Waals surface area contributed by atoms with Crippen molar-refractivity contribution < 1.29 is 0 Å². The molecule has 1 heterocycles. The van der Waals surface area contributed by atoms with Crippen LogP contribution in [0.4, 0.5) is 5.69 Å². The fraction of sp³-hybridized carbons (Fsp3) is 0.143. The highest BCUT2D eigenvalue weighted by molar-refractivity contribution is 6.36. The van der Waals surface area contributed by atoms with E-state index in [1.54, 1.807) is 6.07 Å². The zero-order valence-corrected chi connectivity index (χ0v) is 10.6. The Labute approximate surface area is 110 Å². The van der Waals surface area contributed by atoms with Crippen LogP contribution in [0.5, 0.6) is 0 Å². The minimum atomic E-state index is 0.665. The van der Waals surface area contributed by atoms with Gasteiger partial charge in [-0.15, -0.1) is 0 Å². The van der Waals surface area contributed by atoms with Gasteiger partial charge in [0, 0.05) is 27.8 Å². The highest BCUT2D eigenvalue weighted by Gasteiger charge is 2.12. The second-order valence-electron chi connectivity index (χ2n) is 4.17. The summed E-state index contributed by atoms with van der Waals surface area (Å²) >= 11 is 12.1. The largest absolute Gasteiger partial charge is 0.384 e. The Balaban J connectivity index is 2.09. The number of anilines is 1. The molecule has 1 aliphatic rings. The summed E-state index contributed by atoms with van der Waals surface area (Å²) in [5.41, 5.74) is 4.74. The normalized spacial score (nSPS) is 13.3. The van der Waals surface area contributed by atoms with E-state index in [0.717, 1.165) is 24.1 Å². The molecule has 0 aromatic heterocycles. The summed E-state index contributed by atoms with van der Waals surface area (Å²) in [4.78, 5) is 0. The zero-order chi connectivity index (χ0) is 11.8. The van der Waals surface area contributed by atoms with Crippen LogP contribution in [0, 0.1) is 0 Å². The molecule has 86 valence electrons. The van der Waals surface area contributed by atoms with Crippen molar-refractivity contribution >= 4 is 28.9 Å². The molecule has 0 saturated heterocycles. The Morgan fingerprint density at radius 3 is 2.71 bits per heavy atom. The van der Waals surface area contributed by atoms with Gasteiger partial charge in [0.1, 0.15) is 0 Å². The fourth-order valence-corrected chi connectivity index (χ4v) is 2.70. The minimum Gasteiger partial charge on any atom is -0.384 e. The van der Waals surface area contributed by atoms with Crippen molar-refractivity contribution in [2.24, 2.45) is 0 Å². The van der Waals surface area contributed by atoms with E-state index in [4.69, 9.17) is 23.2 Å². The van der Waals surface area contributed by atoms with Crippen molar-refractivity contribution in [3.8, 4) is 11.1 Å². The molecule has 0 bridgehead atoms. The molecule has 0 spiro atoms. The summed E-state index contributed by atoms with van der Waals surface area (Å²) in [6, 6.07) is 12.0. The topological polar surface area (TPSA) is 12.0 Å². The number of fused-ring (bicyclic) bond motifs is 1. The van der Waals surface area contributed by atoms with E-state index < -0.39 is 0 Å². The summed E-state index contributed by atoms with van der Waals surface area (Å²) in [5, 5.41) is 4.73. The van der Waals surface area contributed by atoms with Crippen LogP contribution >= 0.6 is 23.2 Å². The van der Waals surface area contributed by atoms with E-state index in [0.29, 0.717) is 10.0 Å². The number of hydrogen-bond acceptors (Lipinski definition) is 1. The van der Waals surface area contributed by atoms with Crippen molar-refractivity contribution in [2.75, 3.05) is 11.9 Å². The minimum absolute atomic E-state index is 0.665. The molecule has 1 aliphatic heterocycles. The third-order valence-corrected chi connectivity index (χ3v) is 3.61. The van der Waals surface area contributed by atoms with Crippen LogP contribution in [-0.2, 0) is 6.42 Å². The van der Waals surface area contributed by atoms with Crippen LogP contribution in [0.2, 0.25) is 10.0 Å². The summed E-state index contributed by atoms with van der Waals surface area (Å²) in [6.07, 6.45) is 1.10. The highest BCUT2D eigenvalue weighted by Crippen LogP contribution is 2.34. The van der Waals surface area contributed by atoms with E-state index in [1.807, 2.05) is 12.1 Å². The van der Waals surface area contributed by atoms with Crippen molar-refractivity contribution in [2.45, 2.75) is 6.42 Å². The fourth-order valence-electron chi connectivity index (χ4n) is 2.18. The van der Waals surface area contributed by atoms with Crippen molar-refractivity contribution in [3.05, 3.63) is 52.0 Å². The van der Waals surface area contributed by atoms with E-state index >= 15 is 0 Å². The number of rotatable bonds is 1. The molecule has 0 saturated carbocycles. The van der Waals surface area contributed by atoms with Gasteiger partial charge >= 0.3 is 0 Å². The molecule has 3 rings (SSSR count). The standard InChI is InChI=1S/C14H11Cl2N/c15-11-3-4-12(13(16)8-11)10-2-1-9-5-6-17-14(9)7-10/h1-4,7-8,17H,5-6H2. The van der Waals surface area contributed by atoms with Crippen LogP contribution < -0.4 is 5.32 Å². The molecule has 2 aromatic rings. The number of hydrogen-bond donors (Lipinski definition) is 1. The molecule has 17 heavy (non-hydrogen) atoms. The van der Waals surface area contributed by atoms with Gasteiger partial charge in [-0.1, -0.05) is 41.4 Å². The number of nitrogens with one attached hydrogen (secondary N) is 1. The molecule has 0 aliphatic carbocycles. The lowest BCUT2D eigenvalue weighted by Crippen LogP contribution is -1.91. The van der Waals surface area contributed by atoms with Crippen molar-refractivity contribution in [1.82, 2.24) is 0 Å². The van der Waals surface area contributed by atoms with Gasteiger partial charge in [-0.25, -0.2) is 0 Å². The first kappa shape index (κ1) is 10.9. The van der Waals surface area contributed by atoms with E-state index in [2.05, 4.69) is 23.5 Å². The predicted molar refractivity (Wildman–Crippen MR) is 74.1 cm³/mol.